The van der Waals surface area contributed by atoms with Gasteiger partial charge in [-0.3, -0.25) is 9.97 Å². The van der Waals surface area contributed by atoms with Gasteiger partial charge in [-0.15, -0.1) is 0 Å². The van der Waals surface area contributed by atoms with Gasteiger partial charge >= 0.3 is 0 Å². The van der Waals surface area contributed by atoms with Crippen molar-refractivity contribution in [3.8, 4) is 23.2 Å². The highest BCUT2D eigenvalue weighted by Gasteiger charge is 2.44. The van der Waals surface area contributed by atoms with E-state index in [4.69, 9.17) is 9.47 Å². The number of aromatic nitrogens is 3. The molecule has 2 fully saturated rings. The lowest BCUT2D eigenvalue weighted by molar-refractivity contribution is 0.188. The van der Waals surface area contributed by atoms with Gasteiger partial charge in [0.25, 0.3) is 0 Å². The number of ether oxygens (including phenoxy) is 2. The second-order valence-electron chi connectivity index (χ2n) is 8.95. The minimum atomic E-state index is -0.429. The fourth-order valence-electron chi connectivity index (χ4n) is 4.22. The zero-order valence-corrected chi connectivity index (χ0v) is 18.5. The Hall–Kier alpha value is -2.63. The predicted molar refractivity (Wildman–Crippen MR) is 117 cm³/mol. The highest BCUT2D eigenvalue weighted by Crippen LogP contribution is 2.45. The van der Waals surface area contributed by atoms with Crippen molar-refractivity contribution in [2.24, 2.45) is 11.3 Å². The molecule has 0 atom stereocenters. The first-order valence-corrected chi connectivity index (χ1v) is 11.3. The Morgan fingerprint density at radius 1 is 1.22 bits per heavy atom. The lowest BCUT2D eigenvalue weighted by atomic mass is 9.83. The molecule has 0 unspecified atom stereocenters. The topological polar surface area (TPSA) is 92.9 Å². The van der Waals surface area contributed by atoms with Gasteiger partial charge in [0.05, 0.1) is 42.4 Å². The summed E-state index contributed by atoms with van der Waals surface area (Å²) in [4.78, 5) is 12.9. The molecule has 2 saturated carbocycles. The molecular weight excluding hydrogens is 409 g/mol. The van der Waals surface area contributed by atoms with Gasteiger partial charge in [-0.1, -0.05) is 0 Å². The summed E-state index contributed by atoms with van der Waals surface area (Å²) in [7, 11) is 1.72. The number of methoxy groups -OCH3 is 1. The first-order chi connectivity index (χ1) is 15.6. The molecule has 0 spiro atoms. The number of hydrogen-bond acceptors (Lipinski definition) is 7. The van der Waals surface area contributed by atoms with Crippen LogP contribution in [0.25, 0.3) is 11.3 Å². The summed E-state index contributed by atoms with van der Waals surface area (Å²) in [6, 6.07) is 4.62. The van der Waals surface area contributed by atoms with Gasteiger partial charge < -0.3 is 14.8 Å². The molecule has 4 rings (SSSR count). The van der Waals surface area contributed by atoms with E-state index in [1.807, 2.05) is 0 Å². The molecule has 2 aromatic heterocycles. The molecule has 2 aliphatic carbocycles. The van der Waals surface area contributed by atoms with Crippen LogP contribution < -0.4 is 10.1 Å². The Kier molecular flexibility index (Phi) is 7.28. The number of rotatable bonds is 10. The van der Waals surface area contributed by atoms with Crippen molar-refractivity contribution in [3.63, 3.8) is 0 Å². The Labute approximate surface area is 188 Å². The van der Waals surface area contributed by atoms with Gasteiger partial charge in [-0.2, -0.15) is 5.26 Å². The Balaban J connectivity index is 1.37. The molecule has 1 N–H and O–H groups in total. The predicted octanol–water partition coefficient (Wildman–Crippen LogP) is 3.70. The van der Waals surface area contributed by atoms with Gasteiger partial charge in [-0.05, 0) is 56.9 Å². The van der Waals surface area contributed by atoms with Gasteiger partial charge in [0.2, 0.25) is 5.88 Å². The molecule has 8 heteroatoms. The number of halogens is 1. The minimum Gasteiger partial charge on any atom is -0.475 e. The van der Waals surface area contributed by atoms with E-state index in [2.05, 4.69) is 26.3 Å². The SMILES string of the molecule is COCCNC1CCC(Cc2cc(-c3cncc(OCC4(C#N)CC4)n3)c(F)cn2)CC1. The van der Waals surface area contributed by atoms with Crippen LogP contribution in [-0.2, 0) is 11.2 Å². The van der Waals surface area contributed by atoms with Crippen molar-refractivity contribution < 1.29 is 13.9 Å². The van der Waals surface area contributed by atoms with E-state index in [-0.39, 0.29) is 6.61 Å². The first kappa shape index (κ1) is 22.6. The molecule has 170 valence electrons. The van der Waals surface area contributed by atoms with Crippen molar-refractivity contribution in [3.05, 3.63) is 36.2 Å². The quantitative estimate of drug-likeness (QED) is 0.564. The average molecular weight is 440 g/mol. The molecule has 32 heavy (non-hydrogen) atoms. The molecule has 7 nitrogen and oxygen atoms in total. The fourth-order valence-corrected chi connectivity index (χ4v) is 4.22. The summed E-state index contributed by atoms with van der Waals surface area (Å²) >= 11 is 0. The standard InChI is InChI=1S/C24H30FN5O2/c1-31-9-8-28-18-4-2-17(3-5-18)10-19-11-20(21(25)12-29-19)22-13-27-14-23(30-22)32-16-24(15-26)6-7-24/h11-14,17-18,28H,2-10,16H2,1H3. The fraction of sp³-hybridized carbons (Fsp3) is 0.583. The lowest BCUT2D eigenvalue weighted by Gasteiger charge is -2.29. The highest BCUT2D eigenvalue weighted by molar-refractivity contribution is 5.59. The molecule has 0 saturated heterocycles. The summed E-state index contributed by atoms with van der Waals surface area (Å²) in [6.45, 7) is 1.90. The van der Waals surface area contributed by atoms with Crippen LogP contribution in [0, 0.1) is 28.5 Å². The van der Waals surface area contributed by atoms with Crippen molar-refractivity contribution in [2.45, 2.75) is 51.0 Å². The van der Waals surface area contributed by atoms with E-state index in [1.54, 1.807) is 13.2 Å². The molecule has 0 amide bonds. The molecule has 2 aromatic rings. The van der Waals surface area contributed by atoms with Crippen LogP contribution in [0.1, 0.15) is 44.2 Å². The van der Waals surface area contributed by atoms with E-state index in [0.29, 0.717) is 29.1 Å². The molecule has 2 aliphatic rings. The van der Waals surface area contributed by atoms with E-state index in [1.165, 1.54) is 18.6 Å². The van der Waals surface area contributed by atoms with Gasteiger partial charge in [0, 0.05) is 31.0 Å². The summed E-state index contributed by atoms with van der Waals surface area (Å²) in [5.74, 6) is 0.422. The third-order valence-corrected chi connectivity index (χ3v) is 6.47. The van der Waals surface area contributed by atoms with Crippen LogP contribution >= 0.6 is 0 Å². The summed E-state index contributed by atoms with van der Waals surface area (Å²) in [5, 5.41) is 12.7. The molecule has 0 aliphatic heterocycles. The van der Waals surface area contributed by atoms with Crippen LogP contribution in [0.4, 0.5) is 4.39 Å². The summed E-state index contributed by atoms with van der Waals surface area (Å²) in [5.41, 5.74) is 1.26. The average Bonchev–Trinajstić information content (AvgIpc) is 3.61. The summed E-state index contributed by atoms with van der Waals surface area (Å²) in [6.07, 6.45) is 11.3. The highest BCUT2D eigenvalue weighted by atomic mass is 19.1. The number of nitriles is 1. The monoisotopic (exact) mass is 439 g/mol. The van der Waals surface area contributed by atoms with Crippen molar-refractivity contribution in [1.29, 1.82) is 5.26 Å². The number of nitrogens with zero attached hydrogens (tertiary/aromatic N) is 4. The Morgan fingerprint density at radius 3 is 2.75 bits per heavy atom. The molecule has 2 heterocycles. The van der Waals surface area contributed by atoms with Crippen LogP contribution in [0.5, 0.6) is 5.88 Å². The second kappa shape index (κ2) is 10.3. The molecule has 0 aromatic carbocycles. The first-order valence-electron chi connectivity index (χ1n) is 11.3. The maximum Gasteiger partial charge on any atom is 0.232 e. The largest absolute Gasteiger partial charge is 0.475 e. The Bertz CT molecular complexity index is 952. The van der Waals surface area contributed by atoms with E-state index < -0.39 is 11.2 Å². The number of hydrogen-bond donors (Lipinski definition) is 1. The zero-order valence-electron chi connectivity index (χ0n) is 18.5. The van der Waals surface area contributed by atoms with E-state index in [9.17, 15) is 9.65 Å². The zero-order chi connectivity index (χ0) is 22.4. The molecule has 0 bridgehead atoms. The van der Waals surface area contributed by atoms with Gasteiger partial charge in [0.15, 0.2) is 5.82 Å². The van der Waals surface area contributed by atoms with Crippen LogP contribution in [0.2, 0.25) is 0 Å². The smallest absolute Gasteiger partial charge is 0.232 e. The van der Waals surface area contributed by atoms with E-state index in [0.717, 1.165) is 63.8 Å². The molecular formula is C24H30FN5O2. The van der Waals surface area contributed by atoms with E-state index >= 15 is 0 Å². The van der Waals surface area contributed by atoms with Crippen molar-refractivity contribution in [1.82, 2.24) is 20.3 Å². The van der Waals surface area contributed by atoms with Crippen molar-refractivity contribution in [2.75, 3.05) is 26.9 Å². The van der Waals surface area contributed by atoms with Crippen LogP contribution in [0.3, 0.4) is 0 Å². The maximum atomic E-state index is 14.6. The Morgan fingerprint density at radius 2 is 2.03 bits per heavy atom. The van der Waals surface area contributed by atoms with Gasteiger partial charge in [-0.25, -0.2) is 9.37 Å². The second-order valence-corrected chi connectivity index (χ2v) is 8.95. The van der Waals surface area contributed by atoms with Crippen LogP contribution in [-0.4, -0.2) is 47.9 Å². The van der Waals surface area contributed by atoms with Crippen molar-refractivity contribution >= 4 is 0 Å². The third-order valence-electron chi connectivity index (χ3n) is 6.47. The summed E-state index contributed by atoms with van der Waals surface area (Å²) < 4.78 is 25.3. The van der Waals surface area contributed by atoms with Crippen LogP contribution in [0.15, 0.2) is 24.7 Å². The van der Waals surface area contributed by atoms with Gasteiger partial charge in [0.1, 0.15) is 6.61 Å². The minimum absolute atomic E-state index is 0.286. The maximum absolute atomic E-state index is 14.6. The number of pyridine rings is 1. The lowest BCUT2D eigenvalue weighted by Crippen LogP contribution is -2.35. The molecule has 0 radical (unpaired) electrons. The number of nitrogens with one attached hydrogen (secondary N) is 1. The normalized spacial score (nSPS) is 21.7. The third kappa shape index (κ3) is 5.78.